The molecule has 0 saturated carbocycles. The molecule has 0 atom stereocenters. The van der Waals surface area contributed by atoms with Crippen LogP contribution in [-0.4, -0.2) is 43.2 Å². The standard InChI is InChI=1S/C19H20FN3O3/c1-13(24)21-14-6-7-17(15(12-14)19(25)26)22-8-10-23(11-9-22)18-5-3-2-4-16(18)20/h2-7,12H,8-11H2,1H3,(H,21,24)(H,25,26). The first-order valence-corrected chi connectivity index (χ1v) is 8.35. The van der Waals surface area contributed by atoms with Crippen LogP contribution in [0, 0.1) is 5.82 Å². The predicted molar refractivity (Wildman–Crippen MR) is 98.5 cm³/mol. The average Bonchev–Trinajstić information content (AvgIpc) is 2.62. The molecule has 2 aromatic rings. The molecule has 0 radical (unpaired) electrons. The largest absolute Gasteiger partial charge is 0.478 e. The molecule has 1 aliphatic rings. The molecule has 0 bridgehead atoms. The van der Waals surface area contributed by atoms with Crippen LogP contribution in [0.15, 0.2) is 42.5 Å². The molecule has 1 amide bonds. The summed E-state index contributed by atoms with van der Waals surface area (Å²) in [6.07, 6.45) is 0. The summed E-state index contributed by atoms with van der Waals surface area (Å²) in [6.45, 7) is 3.71. The van der Waals surface area contributed by atoms with E-state index < -0.39 is 5.97 Å². The number of anilines is 3. The van der Waals surface area contributed by atoms with Crippen molar-refractivity contribution in [2.75, 3.05) is 41.3 Å². The van der Waals surface area contributed by atoms with Crippen LogP contribution >= 0.6 is 0 Å². The van der Waals surface area contributed by atoms with Crippen molar-refractivity contribution >= 4 is 28.9 Å². The van der Waals surface area contributed by atoms with Crippen LogP contribution < -0.4 is 15.1 Å². The molecule has 6 nitrogen and oxygen atoms in total. The van der Waals surface area contributed by atoms with Crippen molar-refractivity contribution in [1.29, 1.82) is 0 Å². The van der Waals surface area contributed by atoms with Gasteiger partial charge in [-0.25, -0.2) is 9.18 Å². The number of carbonyl (C=O) groups is 2. The number of nitrogens with one attached hydrogen (secondary N) is 1. The Kier molecular flexibility index (Phi) is 5.06. The Morgan fingerprint density at radius 2 is 1.62 bits per heavy atom. The highest BCUT2D eigenvalue weighted by Gasteiger charge is 2.23. The Hall–Kier alpha value is -3.09. The van der Waals surface area contributed by atoms with Gasteiger partial charge in [-0.3, -0.25) is 4.79 Å². The van der Waals surface area contributed by atoms with Gasteiger partial charge in [0.05, 0.1) is 16.9 Å². The van der Waals surface area contributed by atoms with E-state index in [2.05, 4.69) is 5.32 Å². The fourth-order valence-electron chi connectivity index (χ4n) is 3.16. The van der Waals surface area contributed by atoms with E-state index in [1.807, 2.05) is 9.80 Å². The molecule has 0 spiro atoms. The maximum Gasteiger partial charge on any atom is 0.337 e. The summed E-state index contributed by atoms with van der Waals surface area (Å²) < 4.78 is 13.9. The number of carboxylic acid groups (broad SMARTS) is 1. The fourth-order valence-corrected chi connectivity index (χ4v) is 3.16. The van der Waals surface area contributed by atoms with Crippen molar-refractivity contribution in [2.45, 2.75) is 6.92 Å². The van der Waals surface area contributed by atoms with Gasteiger partial charge < -0.3 is 20.2 Å². The van der Waals surface area contributed by atoms with Crippen molar-refractivity contribution < 1.29 is 19.1 Å². The summed E-state index contributed by atoms with van der Waals surface area (Å²) in [5, 5.41) is 12.1. The summed E-state index contributed by atoms with van der Waals surface area (Å²) in [6, 6.07) is 11.5. The molecule has 136 valence electrons. The second-order valence-corrected chi connectivity index (χ2v) is 6.14. The summed E-state index contributed by atoms with van der Waals surface area (Å²) >= 11 is 0. The normalized spacial score (nSPS) is 14.2. The van der Waals surface area contributed by atoms with Gasteiger partial charge in [0.2, 0.25) is 5.91 Å². The minimum absolute atomic E-state index is 0.135. The molecule has 0 aromatic heterocycles. The van der Waals surface area contributed by atoms with Gasteiger partial charge in [0.25, 0.3) is 0 Å². The zero-order valence-electron chi connectivity index (χ0n) is 14.4. The monoisotopic (exact) mass is 357 g/mol. The highest BCUT2D eigenvalue weighted by Crippen LogP contribution is 2.27. The third-order valence-electron chi connectivity index (χ3n) is 4.36. The summed E-state index contributed by atoms with van der Waals surface area (Å²) in [4.78, 5) is 26.7. The molecule has 2 N–H and O–H groups in total. The molecule has 1 fully saturated rings. The first kappa shape index (κ1) is 17.7. The molecule has 2 aromatic carbocycles. The molecular formula is C19H20FN3O3. The lowest BCUT2D eigenvalue weighted by atomic mass is 10.1. The Labute approximate surface area is 150 Å². The summed E-state index contributed by atoms with van der Waals surface area (Å²) in [5.74, 6) is -1.57. The summed E-state index contributed by atoms with van der Waals surface area (Å²) in [7, 11) is 0. The van der Waals surface area contributed by atoms with E-state index in [4.69, 9.17) is 0 Å². The zero-order valence-corrected chi connectivity index (χ0v) is 14.4. The number of hydrogen-bond acceptors (Lipinski definition) is 4. The lowest BCUT2D eigenvalue weighted by molar-refractivity contribution is -0.114. The minimum Gasteiger partial charge on any atom is -0.478 e. The Bertz CT molecular complexity index is 833. The number of nitrogens with zero attached hydrogens (tertiary/aromatic N) is 2. The van der Waals surface area contributed by atoms with Gasteiger partial charge >= 0.3 is 5.97 Å². The van der Waals surface area contributed by atoms with E-state index in [0.29, 0.717) is 43.2 Å². The Balaban J connectivity index is 1.77. The van der Waals surface area contributed by atoms with Crippen LogP contribution in [0.2, 0.25) is 0 Å². The number of benzene rings is 2. The van der Waals surface area contributed by atoms with Gasteiger partial charge in [0, 0.05) is 38.8 Å². The maximum atomic E-state index is 13.9. The van der Waals surface area contributed by atoms with Crippen molar-refractivity contribution in [2.24, 2.45) is 0 Å². The highest BCUT2D eigenvalue weighted by atomic mass is 19.1. The molecule has 1 saturated heterocycles. The van der Waals surface area contributed by atoms with Crippen LogP contribution in [0.4, 0.5) is 21.5 Å². The number of rotatable bonds is 4. The topological polar surface area (TPSA) is 72.9 Å². The van der Waals surface area contributed by atoms with Crippen molar-refractivity contribution in [1.82, 2.24) is 0 Å². The number of halogens is 1. The van der Waals surface area contributed by atoms with E-state index in [9.17, 15) is 19.1 Å². The van der Waals surface area contributed by atoms with Crippen LogP contribution in [0.5, 0.6) is 0 Å². The third kappa shape index (κ3) is 3.77. The zero-order chi connectivity index (χ0) is 18.7. The number of para-hydroxylation sites is 1. The van der Waals surface area contributed by atoms with Gasteiger partial charge in [-0.15, -0.1) is 0 Å². The number of piperazine rings is 1. The molecular weight excluding hydrogens is 337 g/mol. The van der Waals surface area contributed by atoms with E-state index in [0.717, 1.165) is 0 Å². The number of hydrogen-bond donors (Lipinski definition) is 2. The third-order valence-corrected chi connectivity index (χ3v) is 4.36. The van der Waals surface area contributed by atoms with Crippen molar-refractivity contribution in [3.05, 3.63) is 53.8 Å². The average molecular weight is 357 g/mol. The first-order valence-electron chi connectivity index (χ1n) is 8.35. The molecule has 1 aliphatic heterocycles. The second kappa shape index (κ2) is 7.43. The van der Waals surface area contributed by atoms with Gasteiger partial charge in [-0.05, 0) is 30.3 Å². The molecule has 7 heteroatoms. The minimum atomic E-state index is -1.05. The smallest absolute Gasteiger partial charge is 0.337 e. The second-order valence-electron chi connectivity index (χ2n) is 6.14. The molecule has 0 aliphatic carbocycles. The predicted octanol–water partition coefficient (Wildman–Crippen LogP) is 2.81. The van der Waals surface area contributed by atoms with Crippen molar-refractivity contribution in [3.63, 3.8) is 0 Å². The SMILES string of the molecule is CC(=O)Nc1ccc(N2CCN(c3ccccc3F)CC2)c(C(=O)O)c1. The van der Waals surface area contributed by atoms with Crippen LogP contribution in [0.1, 0.15) is 17.3 Å². The van der Waals surface area contributed by atoms with Crippen molar-refractivity contribution in [3.8, 4) is 0 Å². The number of carbonyl (C=O) groups excluding carboxylic acids is 1. The van der Waals surface area contributed by atoms with Crippen LogP contribution in [0.25, 0.3) is 0 Å². The molecule has 3 rings (SSSR count). The highest BCUT2D eigenvalue weighted by molar-refractivity contribution is 5.97. The van der Waals surface area contributed by atoms with Crippen LogP contribution in [-0.2, 0) is 4.79 Å². The van der Waals surface area contributed by atoms with Crippen LogP contribution in [0.3, 0.4) is 0 Å². The lowest BCUT2D eigenvalue weighted by Gasteiger charge is -2.38. The first-order chi connectivity index (χ1) is 12.5. The number of carboxylic acids is 1. The van der Waals surface area contributed by atoms with Gasteiger partial charge in [0.1, 0.15) is 5.82 Å². The van der Waals surface area contributed by atoms with Gasteiger partial charge in [0.15, 0.2) is 0 Å². The van der Waals surface area contributed by atoms with E-state index in [-0.39, 0.29) is 17.3 Å². The number of aromatic carboxylic acids is 1. The van der Waals surface area contributed by atoms with E-state index in [1.165, 1.54) is 19.1 Å². The maximum absolute atomic E-state index is 13.9. The van der Waals surface area contributed by atoms with Gasteiger partial charge in [-0.2, -0.15) is 0 Å². The lowest BCUT2D eigenvalue weighted by Crippen LogP contribution is -2.47. The van der Waals surface area contributed by atoms with E-state index in [1.54, 1.807) is 30.3 Å². The summed E-state index contributed by atoms with van der Waals surface area (Å²) in [5.41, 5.74) is 1.74. The van der Waals surface area contributed by atoms with E-state index >= 15 is 0 Å². The molecule has 26 heavy (non-hydrogen) atoms. The molecule has 1 heterocycles. The quantitative estimate of drug-likeness (QED) is 0.880. The fraction of sp³-hybridized carbons (Fsp3) is 0.263. The van der Waals surface area contributed by atoms with Gasteiger partial charge in [-0.1, -0.05) is 12.1 Å². The number of amides is 1. The molecule has 0 unspecified atom stereocenters. The Morgan fingerprint density at radius 3 is 2.19 bits per heavy atom. The Morgan fingerprint density at radius 1 is 1.00 bits per heavy atom.